The van der Waals surface area contributed by atoms with Crippen molar-refractivity contribution in [2.75, 3.05) is 0 Å². The number of aromatic nitrogens is 1. The lowest BCUT2D eigenvalue weighted by Crippen LogP contribution is -2.37. The minimum absolute atomic E-state index is 0.186. The van der Waals surface area contributed by atoms with E-state index >= 15 is 0 Å². The van der Waals surface area contributed by atoms with Gasteiger partial charge in [-0.1, -0.05) is 18.6 Å². The predicted octanol–water partition coefficient (Wildman–Crippen LogP) is 6.51. The second-order valence-electron chi connectivity index (χ2n) is 8.55. The zero-order valence-electron chi connectivity index (χ0n) is 18.0. The molecule has 0 amide bonds. The van der Waals surface area contributed by atoms with E-state index in [4.69, 9.17) is 11.3 Å². The van der Waals surface area contributed by atoms with Gasteiger partial charge in [-0.2, -0.15) is 0 Å². The molecule has 2 heterocycles. The Kier molecular flexibility index (Phi) is 5.27. The van der Waals surface area contributed by atoms with Gasteiger partial charge in [0.05, 0.1) is 12.6 Å². The van der Waals surface area contributed by atoms with E-state index in [1.807, 2.05) is 12.2 Å². The van der Waals surface area contributed by atoms with E-state index in [-0.39, 0.29) is 11.3 Å². The Bertz CT molecular complexity index is 1160. The molecule has 1 aromatic heterocycles. The third kappa shape index (κ3) is 3.55. The monoisotopic (exact) mass is 397 g/mol. The fraction of sp³-hybridized carbons (Fsp3) is 0.385. The highest BCUT2D eigenvalue weighted by atomic mass is 16.5. The average molecular weight is 398 g/mol. The van der Waals surface area contributed by atoms with E-state index in [0.717, 1.165) is 42.6 Å². The average Bonchev–Trinajstić information content (AvgIpc) is 2.97. The van der Waals surface area contributed by atoms with Gasteiger partial charge in [-0.25, -0.2) is 10.1 Å². The van der Waals surface area contributed by atoms with Crippen LogP contribution in [0.2, 0.25) is 0 Å². The number of ether oxygens (including phenoxy) is 1. The number of hydrogen-bond acceptors (Lipinski definition) is 2. The van der Waals surface area contributed by atoms with Gasteiger partial charge in [0, 0.05) is 30.1 Å². The Balaban J connectivity index is 1.70. The van der Waals surface area contributed by atoms with E-state index in [9.17, 15) is 5.26 Å². The summed E-state index contributed by atoms with van der Waals surface area (Å²) in [5, 5.41) is 10.7. The summed E-state index contributed by atoms with van der Waals surface area (Å²) in [6.07, 6.45) is 12.0. The summed E-state index contributed by atoms with van der Waals surface area (Å²) in [5.41, 5.74) is 5.65. The molecule has 2 aliphatic rings. The van der Waals surface area contributed by atoms with Crippen molar-refractivity contribution in [1.29, 1.82) is 5.26 Å². The predicted molar refractivity (Wildman–Crippen MR) is 120 cm³/mol. The van der Waals surface area contributed by atoms with Gasteiger partial charge in [0.1, 0.15) is 11.4 Å². The third-order valence-corrected chi connectivity index (χ3v) is 6.72. The number of nitriles is 1. The van der Waals surface area contributed by atoms with Gasteiger partial charge >= 0.3 is 0 Å². The normalized spacial score (nSPS) is 20.0. The lowest BCUT2D eigenvalue weighted by atomic mass is 9.78. The van der Waals surface area contributed by atoms with Crippen molar-refractivity contribution < 1.29 is 4.74 Å². The second kappa shape index (κ2) is 7.88. The van der Waals surface area contributed by atoms with Gasteiger partial charge in [0.2, 0.25) is 0 Å². The number of hydrogen-bond donors (Lipinski definition) is 0. The molecule has 1 saturated carbocycles. The number of benzene rings is 1. The summed E-state index contributed by atoms with van der Waals surface area (Å²) in [6.45, 7) is 11.7. The summed E-state index contributed by atoms with van der Waals surface area (Å²) in [6, 6.07) is 8.56. The molecule has 0 radical (unpaired) electrons. The molecule has 0 saturated heterocycles. The fourth-order valence-corrected chi connectivity index (χ4v) is 4.82. The molecule has 152 valence electrons. The maximum absolute atomic E-state index is 9.40. The van der Waals surface area contributed by atoms with E-state index in [0.29, 0.717) is 6.42 Å². The Hall–Kier alpha value is -3.24. The molecule has 1 fully saturated rings. The molecular weight excluding hydrogens is 370 g/mol. The van der Waals surface area contributed by atoms with Crippen LogP contribution in [-0.2, 0) is 11.8 Å². The van der Waals surface area contributed by atoms with E-state index in [1.54, 1.807) is 0 Å². The van der Waals surface area contributed by atoms with Gasteiger partial charge in [-0.05, 0) is 80.5 Å². The standard InChI is InChI=1S/C26H27N3O/c1-18-19(2)29(4)25-11-9-20(14-23(18)25)8-10-22-15-21(24(17-27)28-3)16-26(30-22)12-6-5-7-13-26/h8-11,14-15H,5-7,12-13,16H2,1-2,4H3/b10-8+,24-21+. The number of allylic oxidation sites excluding steroid dienone is 3. The van der Waals surface area contributed by atoms with Crippen LogP contribution < -0.4 is 0 Å². The lowest BCUT2D eigenvalue weighted by Gasteiger charge is -2.41. The molecule has 0 bridgehead atoms. The first kappa shape index (κ1) is 20.0. The summed E-state index contributed by atoms with van der Waals surface area (Å²) >= 11 is 0. The highest BCUT2D eigenvalue weighted by Crippen LogP contribution is 2.43. The van der Waals surface area contributed by atoms with Crippen molar-refractivity contribution in [3.8, 4) is 6.07 Å². The van der Waals surface area contributed by atoms with Gasteiger partial charge in [0.25, 0.3) is 5.70 Å². The van der Waals surface area contributed by atoms with Gasteiger partial charge < -0.3 is 9.30 Å². The molecule has 4 nitrogen and oxygen atoms in total. The number of nitrogens with zero attached hydrogens (tertiary/aromatic N) is 3. The molecule has 4 heteroatoms. The SMILES string of the molecule is [C-]#[N+]/C(C#N)=C1C=C(/C=C/c2ccc3c(c2)c(C)c(C)n3C)OC2(CCCCC2)C\1. The van der Waals surface area contributed by atoms with Crippen molar-refractivity contribution in [2.24, 2.45) is 7.05 Å². The van der Waals surface area contributed by atoms with Crippen LogP contribution in [0.25, 0.3) is 21.8 Å². The molecule has 0 unspecified atom stereocenters. The second-order valence-corrected chi connectivity index (χ2v) is 8.55. The van der Waals surface area contributed by atoms with Crippen LogP contribution in [0.3, 0.4) is 0 Å². The largest absolute Gasteiger partial charge is 0.487 e. The smallest absolute Gasteiger partial charge is 0.265 e. The molecule has 1 aliphatic carbocycles. The van der Waals surface area contributed by atoms with Crippen molar-refractivity contribution in [1.82, 2.24) is 4.57 Å². The summed E-state index contributed by atoms with van der Waals surface area (Å²) in [7, 11) is 2.10. The van der Waals surface area contributed by atoms with Crippen LogP contribution in [0.4, 0.5) is 0 Å². The molecular formula is C26H27N3O. The van der Waals surface area contributed by atoms with E-state index < -0.39 is 0 Å². The fourth-order valence-electron chi connectivity index (χ4n) is 4.82. The van der Waals surface area contributed by atoms with Crippen LogP contribution in [-0.4, -0.2) is 10.2 Å². The van der Waals surface area contributed by atoms with Crippen LogP contribution >= 0.6 is 0 Å². The van der Waals surface area contributed by atoms with Gasteiger partial charge in [-0.15, -0.1) is 0 Å². The molecule has 0 N–H and O–H groups in total. The maximum Gasteiger partial charge on any atom is 0.265 e. The zero-order valence-corrected chi connectivity index (χ0v) is 18.0. The molecule has 1 aliphatic heterocycles. The van der Waals surface area contributed by atoms with Gasteiger partial charge in [0.15, 0.2) is 0 Å². The molecule has 1 spiro atoms. The molecule has 0 atom stereocenters. The Morgan fingerprint density at radius 3 is 2.70 bits per heavy atom. The topological polar surface area (TPSA) is 42.3 Å². The lowest BCUT2D eigenvalue weighted by molar-refractivity contribution is -0.0285. The van der Waals surface area contributed by atoms with Crippen LogP contribution in [0.1, 0.15) is 55.3 Å². The highest BCUT2D eigenvalue weighted by molar-refractivity contribution is 5.87. The number of rotatable bonds is 2. The Labute approximate surface area is 178 Å². The first-order chi connectivity index (χ1) is 14.5. The Morgan fingerprint density at radius 1 is 1.23 bits per heavy atom. The summed E-state index contributed by atoms with van der Waals surface area (Å²) < 4.78 is 8.69. The highest BCUT2D eigenvalue weighted by Gasteiger charge is 2.38. The number of fused-ring (bicyclic) bond motifs is 1. The molecule has 30 heavy (non-hydrogen) atoms. The quantitative estimate of drug-likeness (QED) is 0.428. The Morgan fingerprint density at radius 2 is 2.00 bits per heavy atom. The van der Waals surface area contributed by atoms with E-state index in [1.165, 1.54) is 28.6 Å². The molecule has 4 rings (SSSR count). The first-order valence-electron chi connectivity index (χ1n) is 10.6. The van der Waals surface area contributed by atoms with Crippen LogP contribution in [0, 0.1) is 31.8 Å². The van der Waals surface area contributed by atoms with Crippen molar-refractivity contribution in [3.63, 3.8) is 0 Å². The number of aryl methyl sites for hydroxylation is 2. The third-order valence-electron chi connectivity index (χ3n) is 6.72. The molecule has 1 aromatic carbocycles. The first-order valence-corrected chi connectivity index (χ1v) is 10.6. The van der Waals surface area contributed by atoms with Gasteiger partial charge in [-0.3, -0.25) is 0 Å². The van der Waals surface area contributed by atoms with Crippen LogP contribution in [0.15, 0.2) is 47.4 Å². The molecule has 2 aromatic rings. The van der Waals surface area contributed by atoms with Crippen molar-refractivity contribution >= 4 is 17.0 Å². The summed E-state index contributed by atoms with van der Waals surface area (Å²) in [4.78, 5) is 3.46. The minimum atomic E-state index is -0.272. The van der Waals surface area contributed by atoms with Crippen LogP contribution in [0.5, 0.6) is 0 Å². The summed E-state index contributed by atoms with van der Waals surface area (Å²) in [5.74, 6) is 0.746. The zero-order chi connectivity index (χ0) is 21.3. The van der Waals surface area contributed by atoms with Crippen molar-refractivity contribution in [3.05, 3.63) is 75.6 Å². The van der Waals surface area contributed by atoms with Crippen molar-refractivity contribution in [2.45, 2.75) is 58.0 Å². The van der Waals surface area contributed by atoms with E-state index in [2.05, 4.69) is 60.7 Å². The maximum atomic E-state index is 9.40. The minimum Gasteiger partial charge on any atom is -0.487 e.